The summed E-state index contributed by atoms with van der Waals surface area (Å²) in [5.74, 6) is 0. The van der Waals surface area contributed by atoms with E-state index in [9.17, 15) is 0 Å². The van der Waals surface area contributed by atoms with Crippen LogP contribution in [0.25, 0.3) is 0 Å². The van der Waals surface area contributed by atoms with Gasteiger partial charge in [-0.2, -0.15) is 0 Å². The van der Waals surface area contributed by atoms with Crippen LogP contribution in [0.2, 0.25) is 0 Å². The highest BCUT2D eigenvalue weighted by Gasteiger charge is 1.96. The van der Waals surface area contributed by atoms with E-state index in [1.165, 1.54) is 0 Å². The fourth-order valence-corrected chi connectivity index (χ4v) is 1.72. The molecule has 0 aliphatic rings. The minimum Gasteiger partial charge on any atom is -0.291 e. The molecule has 0 fully saturated rings. The van der Waals surface area contributed by atoms with Crippen LogP contribution in [0, 0.1) is 0 Å². The summed E-state index contributed by atoms with van der Waals surface area (Å²) < 4.78 is 1.79. The largest absolute Gasteiger partial charge is 0.291 e. The van der Waals surface area contributed by atoms with Crippen molar-refractivity contribution >= 4 is 37.5 Å². The van der Waals surface area contributed by atoms with Crippen LogP contribution in [0.5, 0.6) is 0 Å². The second-order valence-electron chi connectivity index (χ2n) is 1.74. The second kappa shape index (κ2) is 3.37. The summed E-state index contributed by atoms with van der Waals surface area (Å²) >= 11 is 6.54. The van der Waals surface area contributed by atoms with Crippen molar-refractivity contribution in [1.29, 1.82) is 0 Å². The zero-order valence-electron chi connectivity index (χ0n) is 4.94. The quantitative estimate of drug-likeness (QED) is 0.766. The molecule has 1 aromatic rings. The van der Waals surface area contributed by atoms with Crippen LogP contribution in [-0.4, -0.2) is 5.21 Å². The van der Waals surface area contributed by atoms with Crippen LogP contribution in [0.1, 0.15) is 0 Å². The molecule has 0 saturated carbocycles. The fourth-order valence-electron chi connectivity index (χ4n) is 0.580. The summed E-state index contributed by atoms with van der Waals surface area (Å²) in [7, 11) is 0. The Kier molecular flexibility index (Phi) is 2.71. The van der Waals surface area contributed by atoms with Gasteiger partial charge in [-0.1, -0.05) is 15.9 Å². The van der Waals surface area contributed by atoms with E-state index in [4.69, 9.17) is 5.21 Å². The van der Waals surface area contributed by atoms with Crippen molar-refractivity contribution < 1.29 is 5.21 Å². The summed E-state index contributed by atoms with van der Waals surface area (Å²) in [6, 6.07) is 5.44. The van der Waals surface area contributed by atoms with Gasteiger partial charge in [-0.25, -0.2) is 0 Å². The van der Waals surface area contributed by atoms with Crippen molar-refractivity contribution in [3.8, 4) is 0 Å². The van der Waals surface area contributed by atoms with Crippen LogP contribution in [0.3, 0.4) is 0 Å². The summed E-state index contributed by atoms with van der Waals surface area (Å²) in [4.78, 5) is 0. The van der Waals surface area contributed by atoms with E-state index in [1.54, 1.807) is 6.07 Å². The standard InChI is InChI=1S/C6H5Br2NO/c7-4-1-2-6(9-10)5(8)3-4/h1-3,9-10H. The predicted molar refractivity (Wildman–Crippen MR) is 47.3 cm³/mol. The molecule has 54 valence electrons. The molecule has 4 heteroatoms. The Labute approximate surface area is 75.5 Å². The molecule has 0 bridgehead atoms. The normalized spacial score (nSPS) is 9.50. The maximum Gasteiger partial charge on any atom is 0.0744 e. The first-order valence-corrected chi connectivity index (χ1v) is 4.18. The molecule has 1 aromatic carbocycles. The van der Waals surface area contributed by atoms with E-state index < -0.39 is 0 Å². The van der Waals surface area contributed by atoms with Crippen molar-refractivity contribution in [1.82, 2.24) is 0 Å². The zero-order chi connectivity index (χ0) is 7.56. The number of hydrogen-bond acceptors (Lipinski definition) is 2. The Morgan fingerprint density at radius 1 is 1.30 bits per heavy atom. The van der Waals surface area contributed by atoms with Crippen LogP contribution in [0.4, 0.5) is 5.69 Å². The maximum absolute atomic E-state index is 8.51. The molecule has 0 atom stereocenters. The Bertz CT molecular complexity index is 239. The third kappa shape index (κ3) is 1.71. The number of anilines is 1. The Morgan fingerprint density at radius 3 is 2.50 bits per heavy atom. The SMILES string of the molecule is ONc1ccc(Br)cc1Br. The molecule has 1 rings (SSSR count). The van der Waals surface area contributed by atoms with Gasteiger partial charge < -0.3 is 0 Å². The monoisotopic (exact) mass is 265 g/mol. The van der Waals surface area contributed by atoms with Gasteiger partial charge in [-0.15, -0.1) is 0 Å². The molecular weight excluding hydrogens is 262 g/mol. The van der Waals surface area contributed by atoms with Gasteiger partial charge in [0.2, 0.25) is 0 Å². The van der Waals surface area contributed by atoms with Crippen LogP contribution < -0.4 is 5.48 Å². The minimum atomic E-state index is 0.656. The van der Waals surface area contributed by atoms with Crippen molar-refractivity contribution in [2.24, 2.45) is 0 Å². The highest BCUT2D eigenvalue weighted by molar-refractivity contribution is 9.11. The topological polar surface area (TPSA) is 32.3 Å². The number of halogens is 2. The number of rotatable bonds is 1. The first-order chi connectivity index (χ1) is 4.74. The van der Waals surface area contributed by atoms with E-state index in [2.05, 4.69) is 37.3 Å². The highest BCUT2D eigenvalue weighted by atomic mass is 79.9. The lowest BCUT2D eigenvalue weighted by Crippen LogP contribution is -1.88. The molecule has 0 unspecified atom stereocenters. The van der Waals surface area contributed by atoms with Gasteiger partial charge in [-0.3, -0.25) is 10.7 Å². The third-order valence-electron chi connectivity index (χ3n) is 1.05. The van der Waals surface area contributed by atoms with Crippen LogP contribution >= 0.6 is 31.9 Å². The molecule has 2 nitrogen and oxygen atoms in total. The van der Waals surface area contributed by atoms with Gasteiger partial charge in [0.05, 0.1) is 5.69 Å². The maximum atomic E-state index is 8.51. The lowest BCUT2D eigenvalue weighted by Gasteiger charge is -2.00. The average molecular weight is 267 g/mol. The molecule has 0 heterocycles. The zero-order valence-corrected chi connectivity index (χ0v) is 8.11. The van der Waals surface area contributed by atoms with E-state index in [1.807, 2.05) is 12.1 Å². The first kappa shape index (κ1) is 8.04. The number of nitrogens with one attached hydrogen (secondary N) is 1. The molecule has 0 spiro atoms. The van der Waals surface area contributed by atoms with Crippen molar-refractivity contribution in [3.63, 3.8) is 0 Å². The van der Waals surface area contributed by atoms with E-state index >= 15 is 0 Å². The molecule has 2 N–H and O–H groups in total. The molecule has 0 aliphatic carbocycles. The van der Waals surface area contributed by atoms with Crippen LogP contribution in [0.15, 0.2) is 27.1 Å². The van der Waals surface area contributed by atoms with E-state index in [0.717, 1.165) is 8.95 Å². The van der Waals surface area contributed by atoms with Gasteiger partial charge in [0.1, 0.15) is 0 Å². The predicted octanol–water partition coefficient (Wildman–Crippen LogP) is 3.01. The third-order valence-corrected chi connectivity index (χ3v) is 2.20. The van der Waals surface area contributed by atoms with Gasteiger partial charge >= 0.3 is 0 Å². The summed E-state index contributed by atoms with van der Waals surface area (Å²) in [6.45, 7) is 0. The van der Waals surface area contributed by atoms with Gasteiger partial charge in [-0.05, 0) is 34.1 Å². The number of hydrogen-bond donors (Lipinski definition) is 2. The van der Waals surface area contributed by atoms with Gasteiger partial charge in [0, 0.05) is 8.95 Å². The van der Waals surface area contributed by atoms with Crippen molar-refractivity contribution in [2.75, 3.05) is 5.48 Å². The number of benzene rings is 1. The lowest BCUT2D eigenvalue weighted by molar-refractivity contribution is 0.388. The van der Waals surface area contributed by atoms with Gasteiger partial charge in [0.25, 0.3) is 0 Å². The fraction of sp³-hybridized carbons (Fsp3) is 0. The minimum absolute atomic E-state index is 0.656. The Hall–Kier alpha value is -0.0600. The molecule has 0 aliphatic heterocycles. The lowest BCUT2D eigenvalue weighted by atomic mass is 10.3. The first-order valence-electron chi connectivity index (χ1n) is 2.59. The molecule has 10 heavy (non-hydrogen) atoms. The Morgan fingerprint density at radius 2 is 2.00 bits per heavy atom. The molecular formula is C6H5Br2NO. The molecule has 0 aromatic heterocycles. The van der Waals surface area contributed by atoms with Gasteiger partial charge in [0.15, 0.2) is 0 Å². The smallest absolute Gasteiger partial charge is 0.0744 e. The molecule has 0 radical (unpaired) electrons. The average Bonchev–Trinajstić information content (AvgIpc) is 1.88. The molecule has 0 amide bonds. The summed E-state index contributed by atoms with van der Waals surface area (Å²) in [5.41, 5.74) is 2.71. The highest BCUT2D eigenvalue weighted by Crippen LogP contribution is 2.25. The van der Waals surface area contributed by atoms with Crippen LogP contribution in [-0.2, 0) is 0 Å². The summed E-state index contributed by atoms with van der Waals surface area (Å²) in [6.07, 6.45) is 0. The second-order valence-corrected chi connectivity index (χ2v) is 3.51. The van der Waals surface area contributed by atoms with E-state index in [0.29, 0.717) is 5.69 Å². The van der Waals surface area contributed by atoms with Crippen molar-refractivity contribution in [3.05, 3.63) is 27.1 Å². The summed E-state index contributed by atoms with van der Waals surface area (Å²) in [5, 5.41) is 8.51. The Balaban J connectivity index is 3.07. The van der Waals surface area contributed by atoms with Crippen molar-refractivity contribution in [2.45, 2.75) is 0 Å². The van der Waals surface area contributed by atoms with E-state index in [-0.39, 0.29) is 0 Å². The molecule has 0 saturated heterocycles.